The van der Waals surface area contributed by atoms with Crippen molar-refractivity contribution in [2.24, 2.45) is 0 Å². The molecule has 0 aliphatic carbocycles. The van der Waals surface area contributed by atoms with Gasteiger partial charge in [-0.15, -0.1) is 34.0 Å². The van der Waals surface area contributed by atoms with E-state index in [1.54, 1.807) is 34.0 Å². The quantitative estimate of drug-likeness (QED) is 0.520. The molecule has 94 valence electrons. The second-order valence-corrected chi connectivity index (χ2v) is 7.17. The number of hydrogen-bond acceptors (Lipinski definition) is 4. The van der Waals surface area contributed by atoms with Crippen molar-refractivity contribution in [2.45, 2.75) is 0 Å². The van der Waals surface area contributed by atoms with Gasteiger partial charge in [0.05, 0.1) is 15.8 Å². The number of nitrogens with one attached hydrogen (secondary N) is 1. The summed E-state index contributed by atoms with van der Waals surface area (Å²) in [6.07, 6.45) is 0. The van der Waals surface area contributed by atoms with Gasteiger partial charge in [0.2, 0.25) is 0 Å². The summed E-state index contributed by atoms with van der Waals surface area (Å²) in [5.41, 5.74) is 8.40. The zero-order chi connectivity index (χ0) is 12.8. The van der Waals surface area contributed by atoms with Gasteiger partial charge < -0.3 is 10.7 Å². The number of nitrogen functional groups attached to an aromatic ring is 1. The number of H-pyrrole nitrogens is 1. The third kappa shape index (κ3) is 1.74. The fourth-order valence-electron chi connectivity index (χ4n) is 2.21. The standard InChI is InChI=1S/C14H10N2S3/c15-14-12(10-4-2-6-18-10)13-8(16-14)7-11(19-13)9-3-1-5-17-9/h1-7,16H,15H2. The van der Waals surface area contributed by atoms with E-state index in [4.69, 9.17) is 5.73 Å². The number of rotatable bonds is 2. The molecule has 4 aromatic rings. The molecule has 0 saturated carbocycles. The molecule has 0 atom stereocenters. The van der Waals surface area contributed by atoms with E-state index in [1.807, 2.05) is 0 Å². The average Bonchev–Trinajstić information content (AvgIpc) is 3.12. The topological polar surface area (TPSA) is 41.8 Å². The molecule has 0 bridgehead atoms. The molecule has 0 fully saturated rings. The van der Waals surface area contributed by atoms with Crippen molar-refractivity contribution < 1.29 is 0 Å². The van der Waals surface area contributed by atoms with Gasteiger partial charge in [0, 0.05) is 14.6 Å². The zero-order valence-corrected chi connectivity index (χ0v) is 12.3. The van der Waals surface area contributed by atoms with Crippen LogP contribution in [-0.4, -0.2) is 4.98 Å². The highest BCUT2D eigenvalue weighted by Gasteiger charge is 2.16. The molecule has 0 aromatic carbocycles. The summed E-state index contributed by atoms with van der Waals surface area (Å²) in [6.45, 7) is 0. The molecule has 0 radical (unpaired) electrons. The maximum Gasteiger partial charge on any atom is 0.111 e. The number of thiophene rings is 3. The van der Waals surface area contributed by atoms with Crippen molar-refractivity contribution in [1.29, 1.82) is 0 Å². The fourth-order valence-corrected chi connectivity index (χ4v) is 5.07. The van der Waals surface area contributed by atoms with Crippen LogP contribution in [0.25, 0.3) is 30.4 Å². The molecular formula is C14H10N2S3. The highest BCUT2D eigenvalue weighted by atomic mass is 32.1. The summed E-state index contributed by atoms with van der Waals surface area (Å²) in [7, 11) is 0. The minimum absolute atomic E-state index is 0.765. The normalized spacial score (nSPS) is 11.4. The summed E-state index contributed by atoms with van der Waals surface area (Å²) in [4.78, 5) is 7.13. The number of fused-ring (bicyclic) bond motifs is 1. The molecule has 0 spiro atoms. The number of hydrogen-bond donors (Lipinski definition) is 2. The lowest BCUT2D eigenvalue weighted by atomic mass is 10.2. The lowest BCUT2D eigenvalue weighted by molar-refractivity contribution is 1.48. The summed E-state index contributed by atoms with van der Waals surface area (Å²) in [5, 5.41) is 4.19. The highest BCUT2D eigenvalue weighted by Crippen LogP contribution is 2.44. The van der Waals surface area contributed by atoms with Crippen LogP contribution in [0.15, 0.2) is 41.1 Å². The van der Waals surface area contributed by atoms with Gasteiger partial charge >= 0.3 is 0 Å². The second-order valence-electron chi connectivity index (χ2n) is 4.22. The molecule has 0 unspecified atom stereocenters. The van der Waals surface area contributed by atoms with E-state index in [1.165, 1.54) is 19.3 Å². The van der Waals surface area contributed by atoms with E-state index in [0.717, 1.165) is 16.9 Å². The average molecular weight is 302 g/mol. The third-order valence-corrected chi connectivity index (χ3v) is 6.13. The van der Waals surface area contributed by atoms with Gasteiger partial charge in [-0.1, -0.05) is 12.1 Å². The van der Waals surface area contributed by atoms with E-state index >= 15 is 0 Å². The molecule has 4 rings (SSSR count). The van der Waals surface area contributed by atoms with E-state index in [9.17, 15) is 0 Å². The Labute approximate surface area is 122 Å². The Morgan fingerprint density at radius 2 is 1.68 bits per heavy atom. The Morgan fingerprint density at radius 3 is 2.37 bits per heavy atom. The number of anilines is 1. The van der Waals surface area contributed by atoms with Gasteiger partial charge in [0.25, 0.3) is 0 Å². The maximum atomic E-state index is 6.12. The van der Waals surface area contributed by atoms with Crippen molar-refractivity contribution in [3.8, 4) is 20.2 Å². The predicted molar refractivity (Wildman–Crippen MR) is 87.2 cm³/mol. The third-order valence-electron chi connectivity index (χ3n) is 3.03. The first kappa shape index (κ1) is 11.3. The Kier molecular flexibility index (Phi) is 2.51. The van der Waals surface area contributed by atoms with E-state index in [2.05, 4.69) is 46.1 Å². The highest BCUT2D eigenvalue weighted by molar-refractivity contribution is 7.26. The summed E-state index contributed by atoms with van der Waals surface area (Å²) >= 11 is 5.30. The van der Waals surface area contributed by atoms with Crippen molar-refractivity contribution in [2.75, 3.05) is 5.73 Å². The smallest absolute Gasteiger partial charge is 0.111 e. The Balaban J connectivity index is 1.96. The van der Waals surface area contributed by atoms with Crippen LogP contribution in [0.3, 0.4) is 0 Å². The summed E-state index contributed by atoms with van der Waals surface area (Å²) in [6, 6.07) is 10.6. The molecular weight excluding hydrogens is 292 g/mol. The van der Waals surface area contributed by atoms with Crippen molar-refractivity contribution >= 4 is 50.0 Å². The van der Waals surface area contributed by atoms with Gasteiger partial charge in [0.15, 0.2) is 0 Å². The van der Waals surface area contributed by atoms with Crippen molar-refractivity contribution in [3.05, 3.63) is 41.1 Å². The molecule has 0 aliphatic heterocycles. The molecule has 5 heteroatoms. The molecule has 2 nitrogen and oxygen atoms in total. The minimum atomic E-state index is 0.765. The lowest BCUT2D eigenvalue weighted by Crippen LogP contribution is -1.85. The molecule has 3 N–H and O–H groups in total. The molecule has 19 heavy (non-hydrogen) atoms. The molecule has 0 amide bonds. The molecule has 4 aromatic heterocycles. The molecule has 0 aliphatic rings. The summed E-state index contributed by atoms with van der Waals surface area (Å²) in [5.74, 6) is 0.765. The number of nitrogens with two attached hydrogens (primary N) is 1. The van der Waals surface area contributed by atoms with E-state index < -0.39 is 0 Å². The van der Waals surface area contributed by atoms with Crippen LogP contribution >= 0.6 is 34.0 Å². The Bertz CT molecular complexity index is 820. The van der Waals surface area contributed by atoms with Gasteiger partial charge in [-0.25, -0.2) is 0 Å². The van der Waals surface area contributed by atoms with Crippen molar-refractivity contribution in [3.63, 3.8) is 0 Å². The molecule has 4 heterocycles. The van der Waals surface area contributed by atoms with Crippen LogP contribution in [0, 0.1) is 0 Å². The second kappa shape index (κ2) is 4.23. The summed E-state index contributed by atoms with van der Waals surface area (Å²) < 4.78 is 1.25. The van der Waals surface area contributed by atoms with Crippen molar-refractivity contribution in [1.82, 2.24) is 4.98 Å². The SMILES string of the molecule is Nc1[nH]c2cc(-c3cccs3)sc2c1-c1cccs1. The maximum absolute atomic E-state index is 6.12. The van der Waals surface area contributed by atoms with Gasteiger partial charge in [0.1, 0.15) is 5.82 Å². The lowest BCUT2D eigenvalue weighted by Gasteiger charge is -1.95. The Morgan fingerprint density at radius 1 is 0.947 bits per heavy atom. The first-order valence-corrected chi connectivity index (χ1v) is 8.39. The molecule has 0 saturated heterocycles. The van der Waals surface area contributed by atoms with E-state index in [-0.39, 0.29) is 0 Å². The van der Waals surface area contributed by atoms with E-state index in [0.29, 0.717) is 0 Å². The zero-order valence-electron chi connectivity index (χ0n) is 9.84. The predicted octanol–water partition coefficient (Wildman–Crippen LogP) is 5.27. The van der Waals surface area contributed by atoms with Crippen LogP contribution in [0.2, 0.25) is 0 Å². The number of aromatic amines is 1. The van der Waals surface area contributed by atoms with Crippen LogP contribution in [0.5, 0.6) is 0 Å². The van der Waals surface area contributed by atoms with Crippen LogP contribution in [0.1, 0.15) is 0 Å². The monoisotopic (exact) mass is 302 g/mol. The first-order chi connectivity index (χ1) is 9.33. The van der Waals surface area contributed by atoms with Gasteiger partial charge in [-0.3, -0.25) is 0 Å². The first-order valence-electron chi connectivity index (χ1n) is 5.81. The van der Waals surface area contributed by atoms with Crippen LogP contribution in [0.4, 0.5) is 5.82 Å². The van der Waals surface area contributed by atoms with Crippen LogP contribution in [-0.2, 0) is 0 Å². The fraction of sp³-hybridized carbons (Fsp3) is 0. The largest absolute Gasteiger partial charge is 0.385 e. The Hall–Kier alpha value is -1.56. The number of aromatic nitrogens is 1. The van der Waals surface area contributed by atoms with Crippen LogP contribution < -0.4 is 5.73 Å². The van der Waals surface area contributed by atoms with Gasteiger partial charge in [-0.05, 0) is 29.0 Å². The van der Waals surface area contributed by atoms with Gasteiger partial charge in [-0.2, -0.15) is 0 Å². The minimum Gasteiger partial charge on any atom is -0.385 e.